The van der Waals surface area contributed by atoms with E-state index in [4.69, 9.17) is 0 Å². The van der Waals surface area contributed by atoms with Crippen molar-refractivity contribution in [2.24, 2.45) is 0 Å². The van der Waals surface area contributed by atoms with Gasteiger partial charge >= 0.3 is 0 Å². The van der Waals surface area contributed by atoms with Crippen molar-refractivity contribution in [3.05, 3.63) is 34.9 Å². The summed E-state index contributed by atoms with van der Waals surface area (Å²) in [6.07, 6.45) is 0.607. The third-order valence-corrected chi connectivity index (χ3v) is 2.66. The molecule has 0 saturated carbocycles. The van der Waals surface area contributed by atoms with Gasteiger partial charge < -0.3 is 0 Å². The molecule has 0 N–H and O–H groups in total. The zero-order valence-corrected chi connectivity index (χ0v) is 10.2. The Labute approximate surface area is 96.0 Å². The zero-order valence-electron chi connectivity index (χ0n) is 10.2. The van der Waals surface area contributed by atoms with Gasteiger partial charge in [-0.2, -0.15) is 5.12 Å². The minimum absolute atomic E-state index is 0.172. The topological polar surface area (TPSA) is 20.3 Å². The van der Waals surface area contributed by atoms with Crippen LogP contribution in [0.15, 0.2) is 18.2 Å². The van der Waals surface area contributed by atoms with Crippen LogP contribution in [0, 0.1) is 13.8 Å². The molecule has 88 valence electrons. The molecule has 0 aliphatic rings. The minimum Gasteiger partial charge on any atom is -0.272 e. The Balaban J connectivity index is 3.08. The predicted molar refractivity (Wildman–Crippen MR) is 62.8 cm³/mol. The maximum atomic E-state index is 12.9. The number of nitrogens with zero attached hydrogens (tertiary/aromatic N) is 1. The molecule has 0 saturated heterocycles. The highest BCUT2D eigenvalue weighted by Crippen LogP contribution is 2.24. The van der Waals surface area contributed by atoms with Crippen molar-refractivity contribution in [3.63, 3.8) is 0 Å². The van der Waals surface area contributed by atoms with Gasteiger partial charge in [-0.1, -0.05) is 40.7 Å². The van der Waals surface area contributed by atoms with E-state index in [1.807, 2.05) is 39.0 Å². The lowest BCUT2D eigenvalue weighted by Crippen LogP contribution is -2.25. The first kappa shape index (κ1) is 12.7. The van der Waals surface area contributed by atoms with Gasteiger partial charge in [0.05, 0.1) is 5.92 Å². The van der Waals surface area contributed by atoms with Gasteiger partial charge in [-0.3, -0.25) is 4.79 Å². The van der Waals surface area contributed by atoms with Gasteiger partial charge in [0.1, 0.15) is 0 Å². The van der Waals surface area contributed by atoms with Crippen molar-refractivity contribution < 1.29 is 9.28 Å². The highest BCUT2D eigenvalue weighted by Gasteiger charge is 2.22. The highest BCUT2D eigenvalue weighted by molar-refractivity contribution is 5.82. The van der Waals surface area contributed by atoms with Crippen LogP contribution in [0.2, 0.25) is 0 Å². The second kappa shape index (κ2) is 5.10. The van der Waals surface area contributed by atoms with E-state index < -0.39 is 5.91 Å². The van der Waals surface area contributed by atoms with E-state index in [0.29, 0.717) is 6.42 Å². The van der Waals surface area contributed by atoms with Gasteiger partial charge in [0.25, 0.3) is 5.91 Å². The van der Waals surface area contributed by atoms with Crippen LogP contribution in [-0.2, 0) is 4.79 Å². The molecule has 16 heavy (non-hydrogen) atoms. The molecule has 0 heterocycles. The maximum absolute atomic E-state index is 12.9. The third-order valence-electron chi connectivity index (χ3n) is 2.66. The molecule has 0 fully saturated rings. The molecule has 3 heteroatoms. The van der Waals surface area contributed by atoms with Gasteiger partial charge in [0, 0.05) is 7.05 Å². The Bertz CT molecular complexity index is 367. The fourth-order valence-corrected chi connectivity index (χ4v) is 1.98. The average molecular weight is 223 g/mol. The maximum Gasteiger partial charge on any atom is 0.257 e. The quantitative estimate of drug-likeness (QED) is 0.721. The molecule has 1 aromatic rings. The van der Waals surface area contributed by atoms with Crippen LogP contribution in [-0.4, -0.2) is 18.1 Å². The molecule has 0 aliphatic heterocycles. The Kier molecular flexibility index (Phi) is 4.05. The van der Waals surface area contributed by atoms with E-state index in [-0.39, 0.29) is 11.0 Å². The standard InChI is InChI=1S/C13H18FNO/c1-5-12(13(16)15(4)14)11-7-9(2)6-10(3)8-11/h6-8,12H,5H2,1-4H3/t12-/m1/s1. The lowest BCUT2D eigenvalue weighted by atomic mass is 9.93. The normalized spacial score (nSPS) is 12.3. The Hall–Kier alpha value is -1.38. The van der Waals surface area contributed by atoms with Gasteiger partial charge in [-0.05, 0) is 25.8 Å². The summed E-state index contributed by atoms with van der Waals surface area (Å²) in [5, 5.41) is 0.172. The second-order valence-corrected chi connectivity index (χ2v) is 4.20. The number of hydrogen-bond donors (Lipinski definition) is 0. The van der Waals surface area contributed by atoms with Crippen LogP contribution in [0.25, 0.3) is 0 Å². The van der Waals surface area contributed by atoms with E-state index in [1.165, 1.54) is 0 Å². The monoisotopic (exact) mass is 223 g/mol. The number of rotatable bonds is 3. The molecule has 1 amide bonds. The van der Waals surface area contributed by atoms with Crippen LogP contribution in [0.3, 0.4) is 0 Å². The van der Waals surface area contributed by atoms with Crippen molar-refractivity contribution in [1.82, 2.24) is 5.12 Å². The Morgan fingerprint density at radius 2 is 1.81 bits per heavy atom. The number of benzene rings is 1. The summed E-state index contributed by atoms with van der Waals surface area (Å²) in [6.45, 7) is 5.85. The second-order valence-electron chi connectivity index (χ2n) is 4.20. The smallest absolute Gasteiger partial charge is 0.257 e. The fraction of sp³-hybridized carbons (Fsp3) is 0.462. The van der Waals surface area contributed by atoms with Gasteiger partial charge in [0.2, 0.25) is 0 Å². The van der Waals surface area contributed by atoms with Crippen LogP contribution in [0.1, 0.15) is 36.0 Å². The van der Waals surface area contributed by atoms with Crippen LogP contribution in [0.4, 0.5) is 4.48 Å². The largest absolute Gasteiger partial charge is 0.272 e. The van der Waals surface area contributed by atoms with Crippen LogP contribution >= 0.6 is 0 Å². The lowest BCUT2D eigenvalue weighted by molar-refractivity contribution is -0.144. The van der Waals surface area contributed by atoms with Crippen LogP contribution < -0.4 is 0 Å². The summed E-state index contributed by atoms with van der Waals surface area (Å²) in [6, 6.07) is 5.94. The Morgan fingerprint density at radius 1 is 1.31 bits per heavy atom. The summed E-state index contributed by atoms with van der Waals surface area (Å²) >= 11 is 0. The van der Waals surface area contributed by atoms with E-state index in [2.05, 4.69) is 0 Å². The van der Waals surface area contributed by atoms with E-state index in [1.54, 1.807) is 0 Å². The van der Waals surface area contributed by atoms with Gasteiger partial charge in [-0.15, -0.1) is 0 Å². The minimum atomic E-state index is -0.479. The SMILES string of the molecule is CC[C@@H](C(=O)N(C)F)c1cc(C)cc(C)c1. The molecule has 0 aliphatic carbocycles. The first-order valence-electron chi connectivity index (χ1n) is 5.47. The number of amides is 1. The average Bonchev–Trinajstić information content (AvgIpc) is 2.16. The summed E-state index contributed by atoms with van der Waals surface area (Å²) in [7, 11) is 1.15. The van der Waals surface area contributed by atoms with Crippen molar-refractivity contribution in [2.45, 2.75) is 33.1 Å². The summed E-state index contributed by atoms with van der Waals surface area (Å²) in [5.74, 6) is -0.860. The van der Waals surface area contributed by atoms with Crippen molar-refractivity contribution >= 4 is 5.91 Å². The first-order chi connectivity index (χ1) is 7.45. The highest BCUT2D eigenvalue weighted by atomic mass is 19.2. The first-order valence-corrected chi connectivity index (χ1v) is 5.47. The molecule has 0 bridgehead atoms. The number of hydrogen-bond acceptors (Lipinski definition) is 1. The lowest BCUT2D eigenvalue weighted by Gasteiger charge is -2.17. The molecule has 1 aromatic carbocycles. The zero-order chi connectivity index (χ0) is 12.3. The van der Waals surface area contributed by atoms with E-state index in [9.17, 15) is 9.28 Å². The predicted octanol–water partition coefficient (Wildman–Crippen LogP) is 3.14. The molecule has 2 nitrogen and oxygen atoms in total. The summed E-state index contributed by atoms with van der Waals surface area (Å²) < 4.78 is 12.9. The van der Waals surface area contributed by atoms with Crippen molar-refractivity contribution in [1.29, 1.82) is 0 Å². The molecule has 1 rings (SSSR count). The van der Waals surface area contributed by atoms with E-state index >= 15 is 0 Å². The summed E-state index contributed by atoms with van der Waals surface area (Å²) in [5.41, 5.74) is 3.10. The number of likely N-dealkylation sites (N-methyl/N-ethyl adjacent to an activating group) is 1. The number of halogens is 1. The molecule has 0 aromatic heterocycles. The fourth-order valence-electron chi connectivity index (χ4n) is 1.98. The van der Waals surface area contributed by atoms with Crippen molar-refractivity contribution in [3.8, 4) is 0 Å². The third kappa shape index (κ3) is 2.81. The van der Waals surface area contributed by atoms with Gasteiger partial charge in [-0.25, -0.2) is 0 Å². The number of aryl methyl sites for hydroxylation is 2. The molecule has 0 spiro atoms. The summed E-state index contributed by atoms with van der Waals surface area (Å²) in [4.78, 5) is 11.6. The van der Waals surface area contributed by atoms with Gasteiger partial charge in [0.15, 0.2) is 0 Å². The van der Waals surface area contributed by atoms with Crippen LogP contribution in [0.5, 0.6) is 0 Å². The van der Waals surface area contributed by atoms with E-state index in [0.717, 1.165) is 23.7 Å². The Morgan fingerprint density at radius 3 is 2.19 bits per heavy atom. The molecule has 1 atom stereocenters. The molecular weight excluding hydrogens is 205 g/mol. The number of carbonyl (C=O) groups is 1. The van der Waals surface area contributed by atoms with Crippen molar-refractivity contribution in [2.75, 3.05) is 7.05 Å². The number of carbonyl (C=O) groups excluding carboxylic acids is 1. The molecule has 0 radical (unpaired) electrons. The molecular formula is C13H18FNO. The molecule has 0 unspecified atom stereocenters.